The minimum atomic E-state index is -4.46. The first kappa shape index (κ1) is 28.1. The SMILES string of the molecule is CC12CCC3C(CCC4C(F)CCCC43C)C1CCC2CCCNC(=O)NSc1ccccc1C(F)(F)F. The van der Waals surface area contributed by atoms with E-state index < -0.39 is 23.9 Å². The Morgan fingerprint density at radius 2 is 1.71 bits per heavy atom. The number of alkyl halides is 4. The van der Waals surface area contributed by atoms with Gasteiger partial charge in [0, 0.05) is 11.4 Å². The number of nitrogens with one attached hydrogen (secondary N) is 2. The first-order chi connectivity index (χ1) is 18.0. The molecule has 5 rings (SSSR count). The lowest BCUT2D eigenvalue weighted by molar-refractivity contribution is -0.139. The summed E-state index contributed by atoms with van der Waals surface area (Å²) in [6, 6.07) is 4.78. The summed E-state index contributed by atoms with van der Waals surface area (Å²) in [4.78, 5) is 12.2. The topological polar surface area (TPSA) is 41.1 Å². The normalized spacial score (nSPS) is 38.6. The van der Waals surface area contributed by atoms with Crippen molar-refractivity contribution in [2.24, 2.45) is 40.4 Å². The van der Waals surface area contributed by atoms with Crippen molar-refractivity contribution in [1.82, 2.24) is 10.0 Å². The minimum Gasteiger partial charge on any atom is -0.337 e. The molecule has 1 aromatic carbocycles. The van der Waals surface area contributed by atoms with E-state index in [2.05, 4.69) is 23.9 Å². The molecule has 4 aliphatic rings. The number of rotatable bonds is 6. The fraction of sp³-hybridized carbons (Fsp3) is 0.767. The number of carbonyl (C=O) groups excluding carboxylic acids is 1. The summed E-state index contributed by atoms with van der Waals surface area (Å²) in [6.07, 6.45) is 7.04. The molecule has 8 unspecified atom stereocenters. The molecule has 0 spiro atoms. The highest BCUT2D eigenvalue weighted by Crippen LogP contribution is 2.68. The second-order valence-corrected chi connectivity index (χ2v) is 13.7. The summed E-state index contributed by atoms with van der Waals surface area (Å²) in [5, 5.41) is 2.82. The Bertz CT molecular complexity index is 1000. The minimum absolute atomic E-state index is 0.0196. The molecule has 3 nitrogen and oxygen atoms in total. The summed E-state index contributed by atoms with van der Waals surface area (Å²) in [5.74, 6) is 3.02. The first-order valence-corrected chi connectivity index (χ1v) is 15.4. The third-order valence-electron chi connectivity index (χ3n) is 11.2. The second-order valence-electron chi connectivity index (χ2n) is 12.9. The predicted octanol–water partition coefficient (Wildman–Crippen LogP) is 8.79. The Balaban J connectivity index is 1.10. The Hall–Kier alpha value is -1.44. The van der Waals surface area contributed by atoms with Gasteiger partial charge in [0.25, 0.3) is 0 Å². The second kappa shape index (κ2) is 10.9. The zero-order valence-corrected chi connectivity index (χ0v) is 23.4. The van der Waals surface area contributed by atoms with E-state index >= 15 is 0 Å². The Morgan fingerprint density at radius 1 is 0.974 bits per heavy atom. The molecule has 0 radical (unpaired) electrons. The first-order valence-electron chi connectivity index (χ1n) is 14.5. The van der Waals surface area contributed by atoms with Gasteiger partial charge in [-0.2, -0.15) is 13.2 Å². The van der Waals surface area contributed by atoms with E-state index in [4.69, 9.17) is 0 Å². The third kappa shape index (κ3) is 5.19. The van der Waals surface area contributed by atoms with Gasteiger partial charge in [0.2, 0.25) is 0 Å². The lowest BCUT2D eigenvalue weighted by Crippen LogP contribution is -2.54. The molecule has 8 heteroatoms. The van der Waals surface area contributed by atoms with Gasteiger partial charge in [-0.25, -0.2) is 9.18 Å². The van der Waals surface area contributed by atoms with Gasteiger partial charge in [0.15, 0.2) is 0 Å². The van der Waals surface area contributed by atoms with Crippen molar-refractivity contribution in [3.63, 3.8) is 0 Å². The lowest BCUT2D eigenvalue weighted by atomic mass is 9.44. The van der Waals surface area contributed by atoms with Crippen molar-refractivity contribution in [2.45, 2.75) is 102 Å². The van der Waals surface area contributed by atoms with Crippen molar-refractivity contribution in [1.29, 1.82) is 0 Å². The van der Waals surface area contributed by atoms with Crippen LogP contribution in [0.1, 0.15) is 90.0 Å². The average molecular weight is 555 g/mol. The highest BCUT2D eigenvalue weighted by Gasteiger charge is 2.60. The van der Waals surface area contributed by atoms with Gasteiger partial charge in [-0.1, -0.05) is 26.0 Å². The van der Waals surface area contributed by atoms with Crippen LogP contribution in [0, 0.1) is 40.4 Å². The van der Waals surface area contributed by atoms with Crippen LogP contribution in [-0.4, -0.2) is 18.7 Å². The van der Waals surface area contributed by atoms with Gasteiger partial charge >= 0.3 is 12.2 Å². The van der Waals surface area contributed by atoms with Crippen molar-refractivity contribution in [2.75, 3.05) is 6.54 Å². The number of fused-ring (bicyclic) bond motifs is 5. The van der Waals surface area contributed by atoms with Gasteiger partial charge in [0.05, 0.1) is 5.56 Å². The molecule has 0 heterocycles. The number of carbonyl (C=O) groups is 1. The molecule has 0 aliphatic heterocycles. The van der Waals surface area contributed by atoms with Crippen LogP contribution in [0.4, 0.5) is 22.4 Å². The van der Waals surface area contributed by atoms with E-state index in [9.17, 15) is 22.4 Å². The number of hydrogen-bond donors (Lipinski definition) is 2. The third-order valence-corrected chi connectivity index (χ3v) is 12.1. The summed E-state index contributed by atoms with van der Waals surface area (Å²) >= 11 is 0.692. The summed E-state index contributed by atoms with van der Waals surface area (Å²) in [5.41, 5.74) is -0.247. The fourth-order valence-corrected chi connectivity index (χ4v) is 10.1. The maximum Gasteiger partial charge on any atom is 0.417 e. The fourth-order valence-electron chi connectivity index (χ4n) is 9.39. The Morgan fingerprint density at radius 3 is 2.50 bits per heavy atom. The molecule has 212 valence electrons. The highest BCUT2D eigenvalue weighted by atomic mass is 32.2. The molecule has 4 fully saturated rings. The van der Waals surface area contributed by atoms with Gasteiger partial charge in [-0.05, 0) is 135 Å². The van der Waals surface area contributed by atoms with Crippen LogP contribution < -0.4 is 10.0 Å². The quantitative estimate of drug-likeness (QED) is 0.210. The van der Waals surface area contributed by atoms with E-state index in [-0.39, 0.29) is 16.2 Å². The van der Waals surface area contributed by atoms with E-state index in [1.807, 2.05) is 0 Å². The summed E-state index contributed by atoms with van der Waals surface area (Å²) < 4.78 is 56.9. The van der Waals surface area contributed by atoms with Gasteiger partial charge in [-0.15, -0.1) is 0 Å². The van der Waals surface area contributed by atoms with Gasteiger partial charge < -0.3 is 5.32 Å². The molecule has 0 aromatic heterocycles. The van der Waals surface area contributed by atoms with Crippen LogP contribution in [0.15, 0.2) is 29.2 Å². The van der Waals surface area contributed by atoms with Crippen LogP contribution in [0.2, 0.25) is 0 Å². The maximum absolute atomic E-state index is 14.9. The molecular formula is C30H42F4N2OS. The zero-order valence-electron chi connectivity index (χ0n) is 22.6. The van der Waals surface area contributed by atoms with Crippen LogP contribution in [0.3, 0.4) is 0 Å². The summed E-state index contributed by atoms with van der Waals surface area (Å²) in [6.45, 7) is 5.41. The molecular weight excluding hydrogens is 512 g/mol. The average Bonchev–Trinajstić information content (AvgIpc) is 3.21. The lowest BCUT2D eigenvalue weighted by Gasteiger charge is -2.61. The Labute approximate surface area is 228 Å². The summed E-state index contributed by atoms with van der Waals surface area (Å²) in [7, 11) is 0. The van der Waals surface area contributed by atoms with Crippen molar-refractivity contribution in [3.8, 4) is 0 Å². The van der Waals surface area contributed by atoms with Gasteiger partial charge in [0.1, 0.15) is 6.17 Å². The molecule has 0 bridgehead atoms. The largest absolute Gasteiger partial charge is 0.417 e. The van der Waals surface area contributed by atoms with Crippen LogP contribution in [0.5, 0.6) is 0 Å². The standard InChI is InChI=1S/C30H42F4N2OS/c1-28-17-15-22-20(12-14-23-25(31)9-5-16-29(22,23)2)21(28)13-11-19(28)7-6-18-35-27(37)36-38-26-10-4-3-8-24(26)30(32,33)34/h3-4,8,10,19-23,25H,5-7,9,11-18H2,1-2H3,(H2,35,36,37). The molecule has 8 atom stereocenters. The maximum atomic E-state index is 14.9. The number of urea groups is 1. The molecule has 38 heavy (non-hydrogen) atoms. The zero-order chi connectivity index (χ0) is 27.1. The number of hydrogen-bond acceptors (Lipinski definition) is 2. The number of amides is 2. The molecule has 0 saturated heterocycles. The van der Waals surface area contributed by atoms with Crippen LogP contribution in [-0.2, 0) is 6.18 Å². The monoisotopic (exact) mass is 554 g/mol. The molecule has 2 amide bonds. The number of benzene rings is 1. The van der Waals surface area contributed by atoms with E-state index in [1.54, 1.807) is 0 Å². The van der Waals surface area contributed by atoms with Crippen molar-refractivity contribution >= 4 is 18.0 Å². The highest BCUT2D eigenvalue weighted by molar-refractivity contribution is 7.98. The van der Waals surface area contributed by atoms with Crippen LogP contribution in [0.25, 0.3) is 0 Å². The molecule has 1 aromatic rings. The van der Waals surface area contributed by atoms with Crippen LogP contribution >= 0.6 is 11.9 Å². The molecule has 4 saturated carbocycles. The van der Waals surface area contributed by atoms with Crippen molar-refractivity contribution in [3.05, 3.63) is 29.8 Å². The van der Waals surface area contributed by atoms with E-state index in [1.165, 1.54) is 56.7 Å². The Kier molecular flexibility index (Phi) is 8.03. The van der Waals surface area contributed by atoms with E-state index in [0.29, 0.717) is 35.7 Å². The van der Waals surface area contributed by atoms with Crippen molar-refractivity contribution < 1.29 is 22.4 Å². The van der Waals surface area contributed by atoms with E-state index in [0.717, 1.165) is 50.0 Å². The number of halogens is 4. The molecule has 2 N–H and O–H groups in total. The molecule has 4 aliphatic carbocycles. The smallest absolute Gasteiger partial charge is 0.337 e. The predicted molar refractivity (Wildman–Crippen MR) is 143 cm³/mol. The van der Waals surface area contributed by atoms with Gasteiger partial charge in [-0.3, -0.25) is 4.72 Å².